The molecule has 5 heterocycles. The van der Waals surface area contributed by atoms with E-state index in [1.807, 2.05) is 46.1 Å². The van der Waals surface area contributed by atoms with Gasteiger partial charge in [0.05, 0.1) is 32.8 Å². The number of alkyl halides is 3. The topological polar surface area (TPSA) is 173 Å². The molecule has 0 unspecified atom stereocenters. The maximum Gasteiger partial charge on any atom is 0.416 e. The van der Waals surface area contributed by atoms with Gasteiger partial charge in [-0.1, -0.05) is 29.4 Å². The van der Waals surface area contributed by atoms with Gasteiger partial charge in [-0.3, -0.25) is 19.7 Å². The highest BCUT2D eigenvalue weighted by atomic mass is 32.1. The van der Waals surface area contributed by atoms with Crippen molar-refractivity contribution in [3.8, 4) is 11.5 Å². The molecule has 6 aromatic rings. The predicted octanol–water partition coefficient (Wildman–Crippen LogP) is 6.99. The first-order valence-electron chi connectivity index (χ1n) is 18.9. The highest BCUT2D eigenvalue weighted by Crippen LogP contribution is 2.37. The second-order valence-electron chi connectivity index (χ2n) is 13.6. The molecule has 0 atom stereocenters. The molecular weight excluding hydrogens is 840 g/mol. The van der Waals surface area contributed by atoms with Crippen LogP contribution in [0.2, 0.25) is 0 Å². The molecule has 2 amide bonds. The minimum atomic E-state index is -4.69. The third kappa shape index (κ3) is 10.6. The number of hydrogen-bond acceptors (Lipinski definition) is 15. The van der Waals surface area contributed by atoms with E-state index >= 15 is 0 Å². The van der Waals surface area contributed by atoms with Gasteiger partial charge in [-0.05, 0) is 36.4 Å². The number of amides is 2. The maximum absolute atomic E-state index is 13.2. The first-order chi connectivity index (χ1) is 29.4. The van der Waals surface area contributed by atoms with Crippen LogP contribution < -0.4 is 19.3 Å². The van der Waals surface area contributed by atoms with Gasteiger partial charge in [0.1, 0.15) is 23.8 Å². The molecule has 2 aliphatic rings. The lowest BCUT2D eigenvalue weighted by Gasteiger charge is -2.36. The molecule has 16 nitrogen and oxygen atoms in total. The van der Waals surface area contributed by atoms with Crippen LogP contribution in [0.15, 0.2) is 93.7 Å². The quantitative estimate of drug-likeness (QED) is 0.0964. The summed E-state index contributed by atoms with van der Waals surface area (Å²) in [5.41, 5.74) is 1.93. The van der Waals surface area contributed by atoms with Gasteiger partial charge in [-0.2, -0.15) is 18.2 Å². The predicted molar refractivity (Wildman–Crippen MR) is 219 cm³/mol. The number of benzene rings is 3. The zero-order valence-electron chi connectivity index (χ0n) is 32.6. The molecule has 8 rings (SSSR count). The second kappa shape index (κ2) is 19.2. The number of nitro groups is 1. The van der Waals surface area contributed by atoms with Gasteiger partial charge in [0, 0.05) is 82.3 Å². The van der Waals surface area contributed by atoms with Crippen molar-refractivity contribution in [3.63, 3.8) is 0 Å². The fraction of sp³-hybridized carbons (Fsp3) is 0.300. The first kappa shape index (κ1) is 42.5. The number of aromatic nitrogens is 4. The van der Waals surface area contributed by atoms with Crippen molar-refractivity contribution in [2.45, 2.75) is 26.3 Å². The van der Waals surface area contributed by atoms with Gasteiger partial charge in [0.2, 0.25) is 11.7 Å². The largest absolute Gasteiger partial charge is 0.486 e. The smallest absolute Gasteiger partial charge is 0.416 e. The number of para-hydroxylation sites is 2. The second-order valence-corrected chi connectivity index (χ2v) is 15.2. The normalized spacial score (nSPS) is 14.3. The lowest BCUT2D eigenvalue weighted by molar-refractivity contribution is -0.384. The Morgan fingerprint density at radius 3 is 1.97 bits per heavy atom. The number of hydrogen-bond donors (Lipinski definition) is 0. The van der Waals surface area contributed by atoms with E-state index in [2.05, 4.69) is 25.0 Å². The molecule has 3 aromatic carbocycles. The van der Waals surface area contributed by atoms with Crippen molar-refractivity contribution in [2.75, 3.05) is 62.2 Å². The Morgan fingerprint density at radius 2 is 1.44 bits per heavy atom. The standard InChI is InChI=1S/C22H20F3N5O5.C18H18N4O2S2/c1-14-26-20(27-35-14)13-34-19-5-3-2-4-16(19)21(31)29-10-8-28(9-11-29)17-7-6-15(22(23,24)25)12-18(17)30(32)33;23-17(21-6-8-22(9-7-21)18-19-5-10-26-18)15-3-1-2-4-16(15)24-11-14-12-25-13-20-14/h2-7,12H,8-11,13H2,1H3;1-5,10,12-13H,6-9,11H2. The summed E-state index contributed by atoms with van der Waals surface area (Å²) in [6.07, 6.45) is -2.88. The fourth-order valence-corrected chi connectivity index (χ4v) is 7.86. The van der Waals surface area contributed by atoms with Crippen LogP contribution in [0.3, 0.4) is 0 Å². The van der Waals surface area contributed by atoms with E-state index in [-0.39, 0.29) is 50.3 Å². The molecule has 0 radical (unpaired) electrons. The number of nitrogens with zero attached hydrogens (tertiary/aromatic N) is 9. The number of rotatable bonds is 11. The minimum Gasteiger partial charge on any atom is -0.486 e. The van der Waals surface area contributed by atoms with Crippen LogP contribution in [-0.2, 0) is 19.4 Å². The maximum atomic E-state index is 13.2. The number of anilines is 2. The number of piperazine rings is 2. The van der Waals surface area contributed by atoms with Crippen LogP contribution in [0.5, 0.6) is 11.5 Å². The molecule has 0 aliphatic carbocycles. The van der Waals surface area contributed by atoms with Crippen molar-refractivity contribution >= 4 is 51.0 Å². The van der Waals surface area contributed by atoms with E-state index in [0.717, 1.165) is 36.0 Å². The Bertz CT molecular complexity index is 2420. The van der Waals surface area contributed by atoms with E-state index < -0.39 is 22.4 Å². The third-order valence-corrected chi connectivity index (χ3v) is 11.2. The summed E-state index contributed by atoms with van der Waals surface area (Å²) < 4.78 is 55.4. The molecule has 21 heteroatoms. The van der Waals surface area contributed by atoms with Crippen LogP contribution in [-0.4, -0.2) is 99.0 Å². The van der Waals surface area contributed by atoms with Crippen LogP contribution in [0.25, 0.3) is 0 Å². The molecule has 2 aliphatic heterocycles. The van der Waals surface area contributed by atoms with E-state index in [9.17, 15) is 32.9 Å². The van der Waals surface area contributed by atoms with Crippen molar-refractivity contribution < 1.29 is 41.7 Å². The summed E-state index contributed by atoms with van der Waals surface area (Å²) in [4.78, 5) is 56.6. The monoisotopic (exact) mass is 877 g/mol. The van der Waals surface area contributed by atoms with Crippen molar-refractivity contribution in [3.05, 3.63) is 133 Å². The Labute approximate surface area is 354 Å². The lowest BCUT2D eigenvalue weighted by Crippen LogP contribution is -2.49. The van der Waals surface area contributed by atoms with Crippen LogP contribution in [0.1, 0.15) is 43.7 Å². The lowest BCUT2D eigenvalue weighted by atomic mass is 10.1. The highest BCUT2D eigenvalue weighted by molar-refractivity contribution is 7.13. The molecular formula is C40H38F3N9O7S2. The first-order valence-corrected chi connectivity index (χ1v) is 20.7. The summed E-state index contributed by atoms with van der Waals surface area (Å²) in [6.45, 7) is 5.82. The van der Waals surface area contributed by atoms with Crippen LogP contribution in [0.4, 0.5) is 29.7 Å². The number of ether oxygens (including phenoxy) is 2. The van der Waals surface area contributed by atoms with Gasteiger partial charge in [0.25, 0.3) is 17.5 Å². The Hall–Kier alpha value is -6.61. The van der Waals surface area contributed by atoms with Gasteiger partial charge in [-0.15, -0.1) is 22.7 Å². The number of halogens is 3. The van der Waals surface area contributed by atoms with Crippen LogP contribution in [0, 0.1) is 17.0 Å². The molecule has 0 N–H and O–H groups in total. The molecule has 61 heavy (non-hydrogen) atoms. The summed E-state index contributed by atoms with van der Waals surface area (Å²) in [5.74, 6) is 1.37. The summed E-state index contributed by atoms with van der Waals surface area (Å²) in [5, 5.41) is 20.1. The summed E-state index contributed by atoms with van der Waals surface area (Å²) in [6, 6.07) is 16.5. The van der Waals surface area contributed by atoms with Gasteiger partial charge >= 0.3 is 6.18 Å². The van der Waals surface area contributed by atoms with E-state index in [1.54, 1.807) is 57.8 Å². The van der Waals surface area contributed by atoms with E-state index in [1.165, 1.54) is 11.3 Å². The average Bonchev–Trinajstić information content (AvgIpc) is 4.09. The van der Waals surface area contributed by atoms with Gasteiger partial charge in [-0.25, -0.2) is 9.97 Å². The van der Waals surface area contributed by atoms with Gasteiger partial charge in [0.15, 0.2) is 11.7 Å². The van der Waals surface area contributed by atoms with E-state index in [0.29, 0.717) is 60.1 Å². The van der Waals surface area contributed by atoms with Crippen molar-refractivity contribution in [1.82, 2.24) is 29.9 Å². The number of carbonyl (C=O) groups excluding carboxylic acids is 2. The number of aryl methyl sites for hydroxylation is 1. The minimum absolute atomic E-state index is 0.00694. The molecule has 0 bridgehead atoms. The number of carbonyl (C=O) groups is 2. The number of nitro benzene ring substituents is 1. The zero-order chi connectivity index (χ0) is 42.9. The fourth-order valence-electron chi connectivity index (χ4n) is 6.62. The molecule has 2 fully saturated rings. The SMILES string of the molecule is Cc1nc(COc2ccccc2C(=O)N2CCN(c3ccc(C(F)(F)F)cc3[N+](=O)[O-])CC2)no1.O=C(c1ccccc1OCc1cscn1)N1CCN(c2nccs2)CC1. The average molecular weight is 878 g/mol. The summed E-state index contributed by atoms with van der Waals surface area (Å²) in [7, 11) is 0. The number of thiazole rings is 2. The van der Waals surface area contributed by atoms with Crippen molar-refractivity contribution in [2.24, 2.45) is 0 Å². The Kier molecular flexibility index (Phi) is 13.4. The van der Waals surface area contributed by atoms with Gasteiger partial charge < -0.3 is 33.6 Å². The summed E-state index contributed by atoms with van der Waals surface area (Å²) >= 11 is 3.16. The Balaban J connectivity index is 0.000000192. The molecule has 3 aromatic heterocycles. The molecule has 318 valence electrons. The zero-order valence-corrected chi connectivity index (χ0v) is 34.2. The van der Waals surface area contributed by atoms with E-state index in [4.69, 9.17) is 14.0 Å². The molecule has 0 spiro atoms. The highest BCUT2D eigenvalue weighted by Gasteiger charge is 2.35. The molecule has 2 saturated heterocycles. The van der Waals surface area contributed by atoms with Crippen LogP contribution >= 0.6 is 22.7 Å². The third-order valence-electron chi connectivity index (χ3n) is 9.68. The van der Waals surface area contributed by atoms with Crippen molar-refractivity contribution in [1.29, 1.82) is 0 Å². The molecule has 0 saturated carbocycles. The Morgan fingerprint density at radius 1 is 0.836 bits per heavy atom.